The first-order valence-corrected chi connectivity index (χ1v) is 12.0. The summed E-state index contributed by atoms with van der Waals surface area (Å²) >= 11 is 0. The molecule has 5 heteroatoms. The summed E-state index contributed by atoms with van der Waals surface area (Å²) in [5.74, 6) is -0.00524. The quantitative estimate of drug-likeness (QED) is 0.535. The van der Waals surface area contributed by atoms with Gasteiger partial charge in [0.05, 0.1) is 6.04 Å². The molecular weight excluding hydrogens is 422 g/mol. The smallest absolute Gasteiger partial charge is 0.245 e. The Bertz CT molecular complexity index is 1060. The van der Waals surface area contributed by atoms with Gasteiger partial charge in [-0.3, -0.25) is 9.59 Å². The van der Waals surface area contributed by atoms with E-state index in [1.54, 1.807) is 4.90 Å². The molecule has 1 saturated heterocycles. The van der Waals surface area contributed by atoms with Crippen molar-refractivity contribution >= 4 is 11.8 Å². The Hall–Kier alpha value is -3.44. The molecule has 3 aromatic carbocycles. The van der Waals surface area contributed by atoms with Crippen molar-refractivity contribution < 1.29 is 9.59 Å². The molecule has 0 bridgehead atoms. The second-order valence-electron chi connectivity index (χ2n) is 8.95. The number of nitrogens with zero attached hydrogens (tertiary/aromatic N) is 2. The third kappa shape index (κ3) is 6.12. The van der Waals surface area contributed by atoms with E-state index in [-0.39, 0.29) is 17.9 Å². The zero-order valence-corrected chi connectivity index (χ0v) is 19.8. The first-order chi connectivity index (χ1) is 16.6. The first kappa shape index (κ1) is 23.7. The van der Waals surface area contributed by atoms with Crippen molar-refractivity contribution in [1.29, 1.82) is 0 Å². The number of hydrogen-bond donors (Lipinski definition) is 1. The van der Waals surface area contributed by atoms with E-state index < -0.39 is 6.04 Å². The minimum atomic E-state index is -0.523. The molecule has 4 rings (SSSR count). The van der Waals surface area contributed by atoms with Gasteiger partial charge in [0.2, 0.25) is 11.8 Å². The van der Waals surface area contributed by atoms with Gasteiger partial charge in [0.1, 0.15) is 6.04 Å². The monoisotopic (exact) mass is 455 g/mol. The van der Waals surface area contributed by atoms with Crippen LogP contribution in [0.1, 0.15) is 23.1 Å². The van der Waals surface area contributed by atoms with E-state index in [9.17, 15) is 9.59 Å². The van der Waals surface area contributed by atoms with Crippen LogP contribution in [0.15, 0.2) is 91.0 Å². The van der Waals surface area contributed by atoms with Gasteiger partial charge in [-0.1, -0.05) is 91.0 Å². The zero-order valence-electron chi connectivity index (χ0n) is 19.8. The predicted molar refractivity (Wildman–Crippen MR) is 135 cm³/mol. The number of carbonyl (C=O) groups excluding carboxylic acids is 2. The SMILES string of the molecule is CN(Cc1ccccc1)C(=O)[C@@H](Cc1ccccc1)N1CCN[C@H](CCc2ccccc2)C1=O. The van der Waals surface area contributed by atoms with Gasteiger partial charge in [-0.15, -0.1) is 0 Å². The largest absolute Gasteiger partial charge is 0.340 e. The van der Waals surface area contributed by atoms with Crippen molar-refractivity contribution in [2.45, 2.75) is 37.9 Å². The van der Waals surface area contributed by atoms with Crippen molar-refractivity contribution in [3.8, 4) is 0 Å². The highest BCUT2D eigenvalue weighted by atomic mass is 16.2. The lowest BCUT2D eigenvalue weighted by Crippen LogP contribution is -2.61. The van der Waals surface area contributed by atoms with Gasteiger partial charge >= 0.3 is 0 Å². The maximum Gasteiger partial charge on any atom is 0.245 e. The maximum atomic E-state index is 13.7. The molecule has 1 N–H and O–H groups in total. The molecule has 0 unspecified atom stereocenters. The molecule has 0 spiro atoms. The Morgan fingerprint density at radius 1 is 0.912 bits per heavy atom. The van der Waals surface area contributed by atoms with Gasteiger partial charge in [-0.05, 0) is 29.5 Å². The molecular formula is C29H33N3O2. The molecule has 0 saturated carbocycles. The number of carbonyl (C=O) groups is 2. The van der Waals surface area contributed by atoms with Crippen LogP contribution in [0.4, 0.5) is 0 Å². The topological polar surface area (TPSA) is 52.7 Å². The van der Waals surface area contributed by atoms with Crippen LogP contribution in [0.3, 0.4) is 0 Å². The van der Waals surface area contributed by atoms with Crippen LogP contribution in [0.2, 0.25) is 0 Å². The standard InChI is InChI=1S/C29H33N3O2/c1-31(22-25-15-9-4-10-16-25)29(34)27(21-24-13-7-3-8-14-24)32-20-19-30-26(28(32)33)18-17-23-11-5-2-6-12-23/h2-16,26-27,30H,17-22H2,1H3/t26-,27-/m1/s1. The van der Waals surface area contributed by atoms with Crippen LogP contribution in [-0.4, -0.2) is 53.8 Å². The number of rotatable bonds is 9. The van der Waals surface area contributed by atoms with Crippen LogP contribution in [0.25, 0.3) is 0 Å². The predicted octanol–water partition coefficient (Wildman–Crippen LogP) is 3.69. The van der Waals surface area contributed by atoms with Crippen molar-refractivity contribution in [2.75, 3.05) is 20.1 Å². The fraction of sp³-hybridized carbons (Fsp3) is 0.310. The normalized spacial score (nSPS) is 16.8. The summed E-state index contributed by atoms with van der Waals surface area (Å²) in [5, 5.41) is 3.38. The Morgan fingerprint density at radius 2 is 1.47 bits per heavy atom. The van der Waals surface area contributed by atoms with E-state index in [0.717, 1.165) is 17.5 Å². The zero-order chi connectivity index (χ0) is 23.8. The van der Waals surface area contributed by atoms with Crippen LogP contribution in [0, 0.1) is 0 Å². The Kier molecular flexibility index (Phi) is 8.10. The van der Waals surface area contributed by atoms with Crippen LogP contribution >= 0.6 is 0 Å². The molecule has 2 amide bonds. The number of hydrogen-bond acceptors (Lipinski definition) is 3. The number of likely N-dealkylation sites (N-methyl/N-ethyl adjacent to an activating group) is 1. The van der Waals surface area contributed by atoms with E-state index in [1.807, 2.05) is 90.8 Å². The average Bonchev–Trinajstić information content (AvgIpc) is 2.88. The summed E-state index contributed by atoms with van der Waals surface area (Å²) < 4.78 is 0. The Labute approximate surface area is 202 Å². The fourth-order valence-corrected chi connectivity index (χ4v) is 4.61. The Balaban J connectivity index is 1.51. The summed E-state index contributed by atoms with van der Waals surface area (Å²) in [6, 6.07) is 29.4. The summed E-state index contributed by atoms with van der Waals surface area (Å²) in [6.45, 7) is 1.73. The third-order valence-corrected chi connectivity index (χ3v) is 6.46. The van der Waals surface area contributed by atoms with Gasteiger partial charge in [0, 0.05) is 33.1 Å². The van der Waals surface area contributed by atoms with Gasteiger partial charge in [0.25, 0.3) is 0 Å². The van der Waals surface area contributed by atoms with Crippen molar-refractivity contribution in [1.82, 2.24) is 15.1 Å². The van der Waals surface area contributed by atoms with E-state index >= 15 is 0 Å². The van der Waals surface area contributed by atoms with Crippen LogP contribution in [0.5, 0.6) is 0 Å². The minimum Gasteiger partial charge on any atom is -0.340 e. The van der Waals surface area contributed by atoms with E-state index in [4.69, 9.17) is 0 Å². The molecule has 0 aliphatic carbocycles. The van der Waals surface area contributed by atoms with Gasteiger partial charge in [-0.25, -0.2) is 0 Å². The molecule has 34 heavy (non-hydrogen) atoms. The Morgan fingerprint density at radius 3 is 2.09 bits per heavy atom. The van der Waals surface area contributed by atoms with E-state index in [2.05, 4.69) is 17.4 Å². The molecule has 5 nitrogen and oxygen atoms in total. The van der Waals surface area contributed by atoms with Crippen molar-refractivity contribution in [3.63, 3.8) is 0 Å². The minimum absolute atomic E-state index is 0.0181. The second kappa shape index (κ2) is 11.6. The number of nitrogens with one attached hydrogen (secondary N) is 1. The van der Waals surface area contributed by atoms with E-state index in [1.165, 1.54) is 5.56 Å². The number of amides is 2. The van der Waals surface area contributed by atoms with Gasteiger partial charge in [0.15, 0.2) is 0 Å². The third-order valence-electron chi connectivity index (χ3n) is 6.46. The maximum absolute atomic E-state index is 13.7. The highest BCUT2D eigenvalue weighted by molar-refractivity contribution is 5.90. The molecule has 1 heterocycles. The molecule has 2 atom stereocenters. The molecule has 0 aromatic heterocycles. The van der Waals surface area contributed by atoms with Crippen molar-refractivity contribution in [3.05, 3.63) is 108 Å². The van der Waals surface area contributed by atoms with Crippen LogP contribution < -0.4 is 5.32 Å². The average molecular weight is 456 g/mol. The second-order valence-corrected chi connectivity index (χ2v) is 8.95. The summed E-state index contributed by atoms with van der Waals surface area (Å²) in [7, 11) is 1.83. The van der Waals surface area contributed by atoms with Gasteiger partial charge in [-0.2, -0.15) is 0 Å². The molecule has 1 aliphatic heterocycles. The molecule has 3 aromatic rings. The van der Waals surface area contributed by atoms with E-state index in [0.29, 0.717) is 32.5 Å². The van der Waals surface area contributed by atoms with Crippen molar-refractivity contribution in [2.24, 2.45) is 0 Å². The highest BCUT2D eigenvalue weighted by Crippen LogP contribution is 2.18. The summed E-state index contributed by atoms with van der Waals surface area (Å²) in [4.78, 5) is 30.8. The molecule has 1 fully saturated rings. The molecule has 176 valence electrons. The lowest BCUT2D eigenvalue weighted by Gasteiger charge is -2.39. The molecule has 1 aliphatic rings. The highest BCUT2D eigenvalue weighted by Gasteiger charge is 2.37. The number of piperazine rings is 1. The van der Waals surface area contributed by atoms with Gasteiger partial charge < -0.3 is 15.1 Å². The van der Waals surface area contributed by atoms with Crippen LogP contribution in [-0.2, 0) is 29.0 Å². The summed E-state index contributed by atoms with van der Waals surface area (Å²) in [5.41, 5.74) is 3.35. The number of aryl methyl sites for hydroxylation is 1. The lowest BCUT2D eigenvalue weighted by molar-refractivity contribution is -0.148. The molecule has 0 radical (unpaired) electrons. The number of benzene rings is 3. The summed E-state index contributed by atoms with van der Waals surface area (Å²) in [6.07, 6.45) is 2.05. The fourth-order valence-electron chi connectivity index (χ4n) is 4.61. The first-order valence-electron chi connectivity index (χ1n) is 12.0. The lowest BCUT2D eigenvalue weighted by atomic mass is 9.98.